The third kappa shape index (κ3) is 4.38. The minimum absolute atomic E-state index is 0.0841. The van der Waals surface area contributed by atoms with Crippen LogP contribution in [-0.4, -0.2) is 23.4 Å². The maximum atomic E-state index is 9.61. The maximum absolute atomic E-state index is 9.61. The van der Waals surface area contributed by atoms with Gasteiger partial charge in [0.15, 0.2) is 11.5 Å². The first kappa shape index (κ1) is 13.4. The smallest absolute Gasteiger partial charge is 0.161 e. The third-order valence-corrected chi connectivity index (χ3v) is 2.26. The summed E-state index contributed by atoms with van der Waals surface area (Å²) < 4.78 is 4.98. The zero-order valence-electron chi connectivity index (χ0n) is 10.4. The largest absolute Gasteiger partial charge is 0.504 e. The van der Waals surface area contributed by atoms with Gasteiger partial charge >= 0.3 is 0 Å². The van der Waals surface area contributed by atoms with E-state index in [-0.39, 0.29) is 5.75 Å². The lowest BCUT2D eigenvalue weighted by Gasteiger charge is -2.05. The number of rotatable bonds is 3. The first-order valence-corrected chi connectivity index (χ1v) is 5.59. The van der Waals surface area contributed by atoms with Gasteiger partial charge in [-0.1, -0.05) is 25.7 Å². The molecule has 0 aliphatic carbocycles. The third-order valence-electron chi connectivity index (χ3n) is 2.26. The fourth-order valence-corrected chi connectivity index (χ4v) is 1.43. The molecule has 1 aromatic carbocycles. The monoisotopic (exact) mass is 234 g/mol. The fourth-order valence-electron chi connectivity index (χ4n) is 1.43. The number of aliphatic hydroxyl groups excluding tert-OH is 1. The average molecular weight is 234 g/mol. The minimum Gasteiger partial charge on any atom is -0.504 e. The highest BCUT2D eigenvalue weighted by atomic mass is 16.5. The van der Waals surface area contributed by atoms with Gasteiger partial charge in [-0.25, -0.2) is 0 Å². The van der Waals surface area contributed by atoms with E-state index < -0.39 is 6.10 Å². The van der Waals surface area contributed by atoms with E-state index in [2.05, 4.69) is 11.8 Å². The van der Waals surface area contributed by atoms with Crippen molar-refractivity contribution in [3.8, 4) is 23.3 Å². The van der Waals surface area contributed by atoms with Crippen LogP contribution in [0.1, 0.15) is 25.8 Å². The van der Waals surface area contributed by atoms with Crippen molar-refractivity contribution in [3.05, 3.63) is 23.8 Å². The molecule has 2 N–H and O–H groups in total. The van der Waals surface area contributed by atoms with Gasteiger partial charge in [0.05, 0.1) is 7.11 Å². The van der Waals surface area contributed by atoms with E-state index in [1.165, 1.54) is 13.2 Å². The Morgan fingerprint density at radius 3 is 2.65 bits per heavy atom. The number of phenolic OH excluding ortho intramolecular Hbond substituents is 1. The molecule has 0 heterocycles. The summed E-state index contributed by atoms with van der Waals surface area (Å²) >= 11 is 0. The summed E-state index contributed by atoms with van der Waals surface area (Å²) in [6.07, 6.45) is 0.0391. The van der Waals surface area contributed by atoms with Gasteiger partial charge in [0.2, 0.25) is 0 Å². The van der Waals surface area contributed by atoms with E-state index in [0.717, 1.165) is 0 Å². The number of hydrogen-bond donors (Lipinski definition) is 2. The number of hydrogen-bond acceptors (Lipinski definition) is 3. The van der Waals surface area contributed by atoms with Crippen LogP contribution in [0.15, 0.2) is 18.2 Å². The summed E-state index contributed by atoms with van der Waals surface area (Å²) in [6.45, 7) is 4.07. The van der Waals surface area contributed by atoms with Crippen LogP contribution in [0, 0.1) is 17.8 Å². The standard InChI is InChI=1S/C14H18O3/c1-10(2)8-12(15)6-4-11-5-7-13(16)14(9-11)17-3/h5,7,9-10,12,15-16H,8H2,1-3H3/t12-/m0/s1. The summed E-state index contributed by atoms with van der Waals surface area (Å²) in [4.78, 5) is 0. The average Bonchev–Trinajstić information content (AvgIpc) is 2.27. The summed E-state index contributed by atoms with van der Waals surface area (Å²) in [7, 11) is 1.49. The molecule has 3 nitrogen and oxygen atoms in total. The number of benzene rings is 1. The Morgan fingerprint density at radius 2 is 2.06 bits per heavy atom. The molecule has 0 amide bonds. The lowest BCUT2D eigenvalue weighted by molar-refractivity contribution is 0.204. The summed E-state index contributed by atoms with van der Waals surface area (Å²) in [5.41, 5.74) is 0.711. The van der Waals surface area contributed by atoms with Gasteiger partial charge in [-0.15, -0.1) is 0 Å². The molecule has 0 unspecified atom stereocenters. The van der Waals surface area contributed by atoms with E-state index in [1.54, 1.807) is 12.1 Å². The van der Waals surface area contributed by atoms with E-state index in [9.17, 15) is 10.2 Å². The Bertz CT molecular complexity index is 427. The van der Waals surface area contributed by atoms with Gasteiger partial charge < -0.3 is 14.9 Å². The number of methoxy groups -OCH3 is 1. The molecule has 3 heteroatoms. The second-order valence-corrected chi connectivity index (χ2v) is 4.30. The fraction of sp³-hybridized carbons (Fsp3) is 0.429. The first-order chi connectivity index (χ1) is 8.02. The van der Waals surface area contributed by atoms with Crippen molar-refractivity contribution in [2.75, 3.05) is 7.11 Å². The molecule has 1 aromatic rings. The van der Waals surface area contributed by atoms with Crippen molar-refractivity contribution in [1.29, 1.82) is 0 Å². The maximum Gasteiger partial charge on any atom is 0.161 e. The van der Waals surface area contributed by atoms with Gasteiger partial charge in [0.25, 0.3) is 0 Å². The quantitative estimate of drug-likeness (QED) is 0.788. The van der Waals surface area contributed by atoms with Crippen LogP contribution in [-0.2, 0) is 0 Å². The number of ether oxygens (including phenoxy) is 1. The van der Waals surface area contributed by atoms with E-state index in [0.29, 0.717) is 23.7 Å². The summed E-state index contributed by atoms with van der Waals surface area (Å²) in [5.74, 6) is 6.51. The number of aromatic hydroxyl groups is 1. The minimum atomic E-state index is -0.616. The van der Waals surface area contributed by atoms with Crippen molar-refractivity contribution in [2.45, 2.75) is 26.4 Å². The Labute approximate surface area is 102 Å². The normalized spacial score (nSPS) is 11.8. The topological polar surface area (TPSA) is 49.7 Å². The lowest BCUT2D eigenvalue weighted by atomic mass is 10.1. The molecule has 92 valence electrons. The summed E-state index contributed by atoms with van der Waals surface area (Å²) in [5, 5.41) is 19.0. The van der Waals surface area contributed by atoms with Crippen LogP contribution in [0.5, 0.6) is 11.5 Å². The highest BCUT2D eigenvalue weighted by molar-refractivity contribution is 5.47. The van der Waals surface area contributed by atoms with Crippen LogP contribution >= 0.6 is 0 Å². The highest BCUT2D eigenvalue weighted by Gasteiger charge is 2.03. The highest BCUT2D eigenvalue weighted by Crippen LogP contribution is 2.25. The summed E-state index contributed by atoms with van der Waals surface area (Å²) in [6, 6.07) is 4.86. The molecule has 0 bridgehead atoms. The Balaban J connectivity index is 2.78. The molecule has 0 aromatic heterocycles. The predicted molar refractivity (Wildman–Crippen MR) is 67.0 cm³/mol. The first-order valence-electron chi connectivity index (χ1n) is 5.59. The van der Waals surface area contributed by atoms with Crippen molar-refractivity contribution in [3.63, 3.8) is 0 Å². The zero-order valence-corrected chi connectivity index (χ0v) is 10.4. The van der Waals surface area contributed by atoms with Crippen molar-refractivity contribution < 1.29 is 14.9 Å². The molecule has 0 saturated heterocycles. The van der Waals surface area contributed by atoms with Crippen LogP contribution in [0.25, 0.3) is 0 Å². The molecule has 0 saturated carbocycles. The van der Waals surface area contributed by atoms with Gasteiger partial charge in [-0.05, 0) is 30.5 Å². The van der Waals surface area contributed by atoms with E-state index in [1.807, 2.05) is 13.8 Å². The van der Waals surface area contributed by atoms with E-state index >= 15 is 0 Å². The molecule has 0 aliphatic heterocycles. The molecular weight excluding hydrogens is 216 g/mol. The molecule has 0 aliphatic rings. The van der Waals surface area contributed by atoms with Crippen molar-refractivity contribution in [2.24, 2.45) is 5.92 Å². The predicted octanol–water partition coefficient (Wildman–Crippen LogP) is 2.16. The van der Waals surface area contributed by atoms with Crippen molar-refractivity contribution in [1.82, 2.24) is 0 Å². The van der Waals surface area contributed by atoms with Crippen molar-refractivity contribution >= 4 is 0 Å². The Hall–Kier alpha value is -1.66. The van der Waals surface area contributed by atoms with Crippen LogP contribution < -0.4 is 4.74 Å². The second-order valence-electron chi connectivity index (χ2n) is 4.30. The van der Waals surface area contributed by atoms with Crippen LogP contribution in [0.3, 0.4) is 0 Å². The second kappa shape index (κ2) is 6.17. The zero-order chi connectivity index (χ0) is 12.8. The van der Waals surface area contributed by atoms with Crippen LogP contribution in [0.4, 0.5) is 0 Å². The van der Waals surface area contributed by atoms with Gasteiger partial charge in [-0.3, -0.25) is 0 Å². The molecule has 0 spiro atoms. The molecule has 0 fully saturated rings. The van der Waals surface area contributed by atoms with Gasteiger partial charge in [0.1, 0.15) is 6.10 Å². The Morgan fingerprint density at radius 1 is 1.35 bits per heavy atom. The van der Waals surface area contributed by atoms with Gasteiger partial charge in [-0.2, -0.15) is 0 Å². The van der Waals surface area contributed by atoms with E-state index in [4.69, 9.17) is 4.74 Å². The lowest BCUT2D eigenvalue weighted by Crippen LogP contribution is -2.06. The molecule has 1 rings (SSSR count). The molecule has 0 radical (unpaired) electrons. The van der Waals surface area contributed by atoms with Crippen LogP contribution in [0.2, 0.25) is 0 Å². The molecule has 1 atom stereocenters. The Kier molecular flexibility index (Phi) is 4.86. The molecule has 17 heavy (non-hydrogen) atoms. The number of phenols is 1. The number of aliphatic hydroxyl groups is 1. The van der Waals surface area contributed by atoms with Gasteiger partial charge in [0, 0.05) is 5.56 Å². The SMILES string of the molecule is COc1cc(C#C[C@H](O)CC(C)C)ccc1O. The molecular formula is C14H18O3.